The van der Waals surface area contributed by atoms with E-state index in [1.54, 1.807) is 29.6 Å². The van der Waals surface area contributed by atoms with Crippen LogP contribution in [0.15, 0.2) is 50.8 Å². The number of carbonyl (C=O) groups is 1. The van der Waals surface area contributed by atoms with Gasteiger partial charge in [-0.3, -0.25) is 4.79 Å². The Kier molecular flexibility index (Phi) is 4.00. The average Bonchev–Trinajstić information content (AvgIpc) is 3.25. The minimum Gasteiger partial charge on any atom is -0.467 e. The number of oxime groups is 1. The summed E-state index contributed by atoms with van der Waals surface area (Å²) in [7, 11) is 0. The first-order chi connectivity index (χ1) is 10.8. The van der Waals surface area contributed by atoms with Crippen molar-refractivity contribution in [2.45, 2.75) is 31.8 Å². The number of furan rings is 2. The number of carbonyl (C=O) groups excluding carboxylic acids is 1. The van der Waals surface area contributed by atoms with Gasteiger partial charge in [0.15, 0.2) is 0 Å². The Balaban J connectivity index is 2.07. The molecule has 0 aliphatic carbocycles. The van der Waals surface area contributed by atoms with Crippen LogP contribution in [0.4, 0.5) is 0 Å². The molecule has 6 nitrogen and oxygen atoms in total. The van der Waals surface area contributed by atoms with E-state index < -0.39 is 0 Å². The van der Waals surface area contributed by atoms with Gasteiger partial charge in [0.2, 0.25) is 6.41 Å². The average molecular weight is 302 g/mol. The van der Waals surface area contributed by atoms with Crippen LogP contribution < -0.4 is 0 Å². The van der Waals surface area contributed by atoms with E-state index in [0.29, 0.717) is 23.7 Å². The molecule has 6 heteroatoms. The largest absolute Gasteiger partial charge is 0.467 e. The van der Waals surface area contributed by atoms with E-state index in [9.17, 15) is 10.0 Å². The molecule has 3 atom stereocenters. The van der Waals surface area contributed by atoms with Gasteiger partial charge in [0, 0.05) is 12.3 Å². The van der Waals surface area contributed by atoms with Crippen LogP contribution in [0, 0.1) is 5.92 Å². The molecule has 0 aromatic carbocycles. The van der Waals surface area contributed by atoms with E-state index in [2.05, 4.69) is 5.16 Å². The van der Waals surface area contributed by atoms with Gasteiger partial charge in [-0.2, -0.15) is 0 Å². The van der Waals surface area contributed by atoms with Gasteiger partial charge in [-0.1, -0.05) is 12.1 Å². The monoisotopic (exact) mass is 302 g/mol. The lowest BCUT2D eigenvalue weighted by Crippen LogP contribution is -2.44. The zero-order valence-corrected chi connectivity index (χ0v) is 12.3. The van der Waals surface area contributed by atoms with Crippen molar-refractivity contribution in [1.29, 1.82) is 0 Å². The maximum absolute atomic E-state index is 11.8. The predicted molar refractivity (Wildman–Crippen MR) is 78.4 cm³/mol. The molecule has 1 aliphatic heterocycles. The Bertz CT molecular complexity index is 633. The van der Waals surface area contributed by atoms with Crippen LogP contribution in [0.1, 0.15) is 43.4 Å². The lowest BCUT2D eigenvalue weighted by atomic mass is 9.80. The highest BCUT2D eigenvalue weighted by Gasteiger charge is 2.43. The minimum atomic E-state index is -0.313. The normalized spacial score (nSPS) is 27.2. The third kappa shape index (κ3) is 2.30. The standard InChI is InChI=1S/C16H18N2O4/c1-2-11-12(17-20)9-13(14-5-3-7-21-14)18(10-19)16(11)15-6-4-8-22-15/h3-8,10-11,13,16,20H,2,9H2,1H3/b17-12-. The van der Waals surface area contributed by atoms with Crippen molar-refractivity contribution in [3.63, 3.8) is 0 Å². The second-order valence-electron chi connectivity index (χ2n) is 5.35. The van der Waals surface area contributed by atoms with Crippen molar-refractivity contribution in [3.8, 4) is 0 Å². The molecule has 0 bridgehead atoms. The van der Waals surface area contributed by atoms with Crippen LogP contribution >= 0.6 is 0 Å². The summed E-state index contributed by atoms with van der Waals surface area (Å²) in [6.07, 6.45) is 5.15. The van der Waals surface area contributed by atoms with Crippen molar-refractivity contribution < 1.29 is 18.8 Å². The van der Waals surface area contributed by atoms with Crippen LogP contribution in [-0.2, 0) is 4.79 Å². The van der Waals surface area contributed by atoms with Gasteiger partial charge in [-0.15, -0.1) is 0 Å². The van der Waals surface area contributed by atoms with Gasteiger partial charge in [-0.05, 0) is 30.7 Å². The molecule has 2 aromatic heterocycles. The van der Waals surface area contributed by atoms with E-state index in [4.69, 9.17) is 8.83 Å². The zero-order valence-electron chi connectivity index (χ0n) is 12.3. The Morgan fingerprint density at radius 2 is 2.00 bits per heavy atom. The Hall–Kier alpha value is -2.50. The number of amides is 1. The highest BCUT2D eigenvalue weighted by Crippen LogP contribution is 2.44. The number of rotatable bonds is 4. The predicted octanol–water partition coefficient (Wildman–Crippen LogP) is 3.37. The number of hydrogen-bond donors (Lipinski definition) is 1. The zero-order chi connectivity index (χ0) is 15.5. The molecule has 1 N–H and O–H groups in total. The van der Waals surface area contributed by atoms with Crippen LogP contribution in [0.2, 0.25) is 0 Å². The van der Waals surface area contributed by atoms with Crippen LogP contribution in [0.25, 0.3) is 0 Å². The van der Waals surface area contributed by atoms with Crippen molar-refractivity contribution in [1.82, 2.24) is 4.90 Å². The molecular formula is C16H18N2O4. The molecule has 1 amide bonds. The smallest absolute Gasteiger partial charge is 0.210 e. The minimum absolute atomic E-state index is 0.0902. The third-order valence-corrected chi connectivity index (χ3v) is 4.29. The molecule has 3 unspecified atom stereocenters. The van der Waals surface area contributed by atoms with Gasteiger partial charge in [-0.25, -0.2) is 0 Å². The molecule has 0 saturated carbocycles. The third-order valence-electron chi connectivity index (χ3n) is 4.29. The van der Waals surface area contributed by atoms with Crippen molar-refractivity contribution >= 4 is 12.1 Å². The fourth-order valence-electron chi connectivity index (χ4n) is 3.28. The van der Waals surface area contributed by atoms with E-state index in [1.807, 2.05) is 19.1 Å². The maximum Gasteiger partial charge on any atom is 0.210 e. The number of piperidine rings is 1. The summed E-state index contributed by atoms with van der Waals surface area (Å²) in [4.78, 5) is 13.5. The molecule has 2 aromatic rings. The quantitative estimate of drug-likeness (QED) is 0.533. The molecular weight excluding hydrogens is 284 g/mol. The topological polar surface area (TPSA) is 79.2 Å². The highest BCUT2D eigenvalue weighted by atomic mass is 16.4. The van der Waals surface area contributed by atoms with Crippen LogP contribution in [0.3, 0.4) is 0 Å². The molecule has 116 valence electrons. The van der Waals surface area contributed by atoms with Crippen molar-refractivity contribution in [2.24, 2.45) is 11.1 Å². The SMILES string of the molecule is CCC1/C(=N\O)CC(c2ccco2)N(C=O)C1c1ccco1. The van der Waals surface area contributed by atoms with E-state index in [1.165, 1.54) is 0 Å². The molecule has 22 heavy (non-hydrogen) atoms. The van der Waals surface area contributed by atoms with E-state index in [-0.39, 0.29) is 18.0 Å². The lowest BCUT2D eigenvalue weighted by Gasteiger charge is -2.42. The highest BCUT2D eigenvalue weighted by molar-refractivity contribution is 5.89. The second-order valence-corrected chi connectivity index (χ2v) is 5.35. The van der Waals surface area contributed by atoms with Gasteiger partial charge in [0.25, 0.3) is 0 Å². The number of hydrogen-bond acceptors (Lipinski definition) is 5. The number of likely N-dealkylation sites (tertiary alicyclic amines) is 1. The van der Waals surface area contributed by atoms with Crippen LogP contribution in [-0.4, -0.2) is 22.2 Å². The maximum atomic E-state index is 11.8. The molecule has 1 aliphatic rings. The molecule has 3 rings (SSSR count). The van der Waals surface area contributed by atoms with Gasteiger partial charge in [0.05, 0.1) is 30.3 Å². The summed E-state index contributed by atoms with van der Waals surface area (Å²) in [5.74, 6) is 1.25. The summed E-state index contributed by atoms with van der Waals surface area (Å²) in [6, 6.07) is 6.60. The van der Waals surface area contributed by atoms with E-state index >= 15 is 0 Å². The summed E-state index contributed by atoms with van der Waals surface area (Å²) in [5, 5.41) is 12.9. The van der Waals surface area contributed by atoms with Gasteiger partial charge in [0.1, 0.15) is 11.5 Å². The summed E-state index contributed by atoms with van der Waals surface area (Å²) >= 11 is 0. The van der Waals surface area contributed by atoms with E-state index in [0.717, 1.165) is 12.8 Å². The second kappa shape index (κ2) is 6.09. The molecule has 1 fully saturated rings. The van der Waals surface area contributed by atoms with Crippen molar-refractivity contribution in [2.75, 3.05) is 0 Å². The fraction of sp³-hybridized carbons (Fsp3) is 0.375. The fourth-order valence-corrected chi connectivity index (χ4v) is 3.28. The Morgan fingerprint density at radius 3 is 2.50 bits per heavy atom. The molecule has 0 spiro atoms. The van der Waals surface area contributed by atoms with Gasteiger partial charge < -0.3 is 18.9 Å². The molecule has 0 radical (unpaired) electrons. The first-order valence-electron chi connectivity index (χ1n) is 7.30. The van der Waals surface area contributed by atoms with Crippen molar-refractivity contribution in [3.05, 3.63) is 48.3 Å². The first kappa shape index (κ1) is 14.4. The molecule has 3 heterocycles. The molecule has 1 saturated heterocycles. The Labute approximate surface area is 128 Å². The van der Waals surface area contributed by atoms with Gasteiger partial charge >= 0.3 is 0 Å². The summed E-state index contributed by atoms with van der Waals surface area (Å²) in [6.45, 7) is 2.00. The first-order valence-corrected chi connectivity index (χ1v) is 7.30. The lowest BCUT2D eigenvalue weighted by molar-refractivity contribution is -0.125. The Morgan fingerprint density at radius 1 is 1.32 bits per heavy atom. The van der Waals surface area contributed by atoms with Crippen LogP contribution in [0.5, 0.6) is 0 Å². The summed E-state index contributed by atoms with van der Waals surface area (Å²) < 4.78 is 11.0. The number of nitrogens with zero attached hydrogens (tertiary/aromatic N) is 2. The summed E-state index contributed by atoms with van der Waals surface area (Å²) in [5.41, 5.74) is 0.656.